The number of carbonyl (C=O) groups is 1. The molecule has 4 heteroatoms. The molecule has 3 nitrogen and oxygen atoms in total. The van der Waals surface area contributed by atoms with E-state index in [1.165, 1.54) is 6.08 Å². The molecule has 0 heterocycles. The Kier molecular flexibility index (Phi) is 9.58. The van der Waals surface area contributed by atoms with Gasteiger partial charge in [0.1, 0.15) is 0 Å². The van der Waals surface area contributed by atoms with Crippen LogP contribution < -0.4 is 17.7 Å². The van der Waals surface area contributed by atoms with E-state index in [1.807, 2.05) is 0 Å². The van der Waals surface area contributed by atoms with Gasteiger partial charge in [0.15, 0.2) is 6.17 Å². The van der Waals surface area contributed by atoms with Gasteiger partial charge in [-0.05, 0) is 26.8 Å². The van der Waals surface area contributed by atoms with Crippen molar-refractivity contribution in [3.8, 4) is 0 Å². The average molecular weight is 249 g/mol. The Hall–Kier alpha value is -0.540. The maximum Gasteiger partial charge on any atom is 0.247 e. The Morgan fingerprint density at radius 3 is 1.94 bits per heavy atom. The van der Waals surface area contributed by atoms with E-state index in [0.29, 0.717) is 0 Å². The highest BCUT2D eigenvalue weighted by Gasteiger charge is 2.31. The zero-order valence-corrected chi connectivity index (χ0v) is 11.7. The molecular formula is C12H25ClN2O. The third kappa shape index (κ3) is 4.14. The summed E-state index contributed by atoms with van der Waals surface area (Å²) in [5.41, 5.74) is 0. The van der Waals surface area contributed by atoms with Crippen LogP contribution in [0.4, 0.5) is 0 Å². The van der Waals surface area contributed by atoms with Gasteiger partial charge < -0.3 is 22.2 Å². The van der Waals surface area contributed by atoms with E-state index in [0.717, 1.165) is 30.5 Å². The molecule has 16 heavy (non-hydrogen) atoms. The van der Waals surface area contributed by atoms with E-state index in [2.05, 4.69) is 39.6 Å². The largest absolute Gasteiger partial charge is 1.00 e. The summed E-state index contributed by atoms with van der Waals surface area (Å²) < 4.78 is 0.941. The maximum atomic E-state index is 11.3. The van der Waals surface area contributed by atoms with Gasteiger partial charge in [-0.1, -0.05) is 13.5 Å². The Balaban J connectivity index is 0. The lowest BCUT2D eigenvalue weighted by atomic mass is 10.2. The number of hydrogen-bond acceptors (Lipinski definition) is 1. The number of halogens is 1. The Bertz CT molecular complexity index is 207. The van der Waals surface area contributed by atoms with Crippen molar-refractivity contribution in [3.63, 3.8) is 0 Å². The fourth-order valence-corrected chi connectivity index (χ4v) is 2.18. The highest BCUT2D eigenvalue weighted by molar-refractivity contribution is 5.86. The molecule has 0 aromatic rings. The Morgan fingerprint density at radius 2 is 1.69 bits per heavy atom. The molecule has 0 spiro atoms. The molecule has 0 aromatic carbocycles. The summed E-state index contributed by atoms with van der Waals surface area (Å²) in [7, 11) is 0. The molecule has 0 rings (SSSR count). The summed E-state index contributed by atoms with van der Waals surface area (Å²) in [6, 6.07) is 0. The molecule has 1 atom stereocenters. The lowest BCUT2D eigenvalue weighted by molar-refractivity contribution is -0.948. The third-order valence-corrected chi connectivity index (χ3v) is 3.43. The van der Waals surface area contributed by atoms with Crippen LogP contribution in [0.25, 0.3) is 0 Å². The van der Waals surface area contributed by atoms with Gasteiger partial charge in [0.05, 0.1) is 19.6 Å². The minimum absolute atomic E-state index is 0. The molecule has 0 aromatic heterocycles. The summed E-state index contributed by atoms with van der Waals surface area (Å²) in [4.78, 5) is 11.3. The van der Waals surface area contributed by atoms with Crippen molar-refractivity contribution in [2.45, 2.75) is 40.3 Å². The first-order chi connectivity index (χ1) is 7.10. The van der Waals surface area contributed by atoms with E-state index in [4.69, 9.17) is 0 Å². The summed E-state index contributed by atoms with van der Waals surface area (Å²) in [6.07, 6.45) is 2.50. The molecule has 0 aliphatic carbocycles. The molecular weight excluding hydrogens is 224 g/mol. The second kappa shape index (κ2) is 8.59. The average Bonchev–Trinajstić information content (AvgIpc) is 2.29. The summed E-state index contributed by atoms with van der Waals surface area (Å²) in [6.45, 7) is 15.3. The molecule has 0 aliphatic rings. The fourth-order valence-electron chi connectivity index (χ4n) is 2.18. The van der Waals surface area contributed by atoms with E-state index in [9.17, 15) is 4.79 Å². The normalized spacial score (nSPS) is 12.5. The SMILES string of the molecule is C=CC(=O)NC(CC)[N+](CC)(CC)CC.[Cl-]. The number of carbonyl (C=O) groups excluding carboxylic acids is 1. The van der Waals surface area contributed by atoms with Gasteiger partial charge in [-0.25, -0.2) is 0 Å². The molecule has 1 N–H and O–H groups in total. The monoisotopic (exact) mass is 248 g/mol. The van der Waals surface area contributed by atoms with Crippen molar-refractivity contribution >= 4 is 5.91 Å². The Labute approximate surface area is 106 Å². The van der Waals surface area contributed by atoms with Crippen LogP contribution in [0.2, 0.25) is 0 Å². The summed E-state index contributed by atoms with van der Waals surface area (Å²) in [5.74, 6) is -0.0697. The lowest BCUT2D eigenvalue weighted by Gasteiger charge is -2.42. The molecule has 1 unspecified atom stereocenters. The van der Waals surface area contributed by atoms with Crippen molar-refractivity contribution in [2.24, 2.45) is 0 Å². The highest BCUT2D eigenvalue weighted by atomic mass is 35.5. The second-order valence-electron chi connectivity index (χ2n) is 3.80. The molecule has 0 radical (unpaired) electrons. The Morgan fingerprint density at radius 1 is 1.25 bits per heavy atom. The van der Waals surface area contributed by atoms with Crippen LogP contribution >= 0.6 is 0 Å². The van der Waals surface area contributed by atoms with Gasteiger partial charge in [0.25, 0.3) is 0 Å². The molecule has 0 fully saturated rings. The first-order valence-electron chi connectivity index (χ1n) is 5.88. The highest BCUT2D eigenvalue weighted by Crippen LogP contribution is 2.14. The van der Waals surface area contributed by atoms with Crippen LogP contribution in [0.3, 0.4) is 0 Å². The van der Waals surface area contributed by atoms with Crippen LogP contribution in [0.15, 0.2) is 12.7 Å². The van der Waals surface area contributed by atoms with E-state index in [1.54, 1.807) is 0 Å². The number of rotatable bonds is 7. The van der Waals surface area contributed by atoms with Gasteiger partial charge in [-0.2, -0.15) is 0 Å². The number of amides is 1. The first kappa shape index (κ1) is 17.8. The molecule has 0 saturated heterocycles. The van der Waals surface area contributed by atoms with Crippen molar-refractivity contribution < 1.29 is 21.7 Å². The zero-order chi connectivity index (χ0) is 11.9. The summed E-state index contributed by atoms with van der Waals surface area (Å²) in [5, 5.41) is 3.03. The van der Waals surface area contributed by atoms with E-state index < -0.39 is 0 Å². The van der Waals surface area contributed by atoms with Gasteiger partial charge in [0, 0.05) is 6.42 Å². The van der Waals surface area contributed by atoms with Gasteiger partial charge in [-0.3, -0.25) is 4.79 Å². The molecule has 96 valence electrons. The predicted octanol–water partition coefficient (Wildman–Crippen LogP) is -1.09. The third-order valence-electron chi connectivity index (χ3n) is 3.43. The molecule has 0 saturated carbocycles. The topological polar surface area (TPSA) is 29.1 Å². The summed E-state index contributed by atoms with van der Waals surface area (Å²) >= 11 is 0. The lowest BCUT2D eigenvalue weighted by Crippen LogP contribution is -3.00. The van der Waals surface area contributed by atoms with Crippen molar-refractivity contribution in [1.82, 2.24) is 5.32 Å². The van der Waals surface area contributed by atoms with Crippen molar-refractivity contribution in [2.75, 3.05) is 19.6 Å². The standard InChI is InChI=1S/C12H24N2O.ClH/c1-6-11(13-12(15)7-2)14(8-3,9-4)10-5;/h7,11H,2,6,8-10H2,1,3-5H3;1H. The first-order valence-corrected chi connectivity index (χ1v) is 5.88. The van der Waals surface area contributed by atoms with Gasteiger partial charge in [0.2, 0.25) is 5.91 Å². The van der Waals surface area contributed by atoms with E-state index in [-0.39, 0.29) is 24.5 Å². The van der Waals surface area contributed by atoms with Crippen LogP contribution in [-0.2, 0) is 4.79 Å². The fraction of sp³-hybridized carbons (Fsp3) is 0.750. The predicted molar refractivity (Wildman–Crippen MR) is 64.3 cm³/mol. The van der Waals surface area contributed by atoms with Crippen LogP contribution in [0, 0.1) is 0 Å². The molecule has 1 amide bonds. The number of nitrogens with one attached hydrogen (secondary N) is 1. The van der Waals surface area contributed by atoms with E-state index >= 15 is 0 Å². The smallest absolute Gasteiger partial charge is 0.247 e. The number of hydrogen-bond donors (Lipinski definition) is 1. The number of nitrogens with zero attached hydrogens (tertiary/aromatic N) is 1. The second-order valence-corrected chi connectivity index (χ2v) is 3.80. The van der Waals surface area contributed by atoms with Crippen LogP contribution in [0.5, 0.6) is 0 Å². The molecule has 0 bridgehead atoms. The van der Waals surface area contributed by atoms with Crippen LogP contribution in [0.1, 0.15) is 34.1 Å². The quantitative estimate of drug-likeness (QED) is 0.346. The molecule has 0 aliphatic heterocycles. The minimum Gasteiger partial charge on any atom is -1.00 e. The van der Waals surface area contributed by atoms with Crippen LogP contribution in [-0.4, -0.2) is 36.2 Å². The van der Waals surface area contributed by atoms with Gasteiger partial charge >= 0.3 is 0 Å². The van der Waals surface area contributed by atoms with Crippen molar-refractivity contribution in [3.05, 3.63) is 12.7 Å². The van der Waals surface area contributed by atoms with Crippen molar-refractivity contribution in [1.29, 1.82) is 0 Å². The number of quaternary nitrogens is 1. The van der Waals surface area contributed by atoms with Gasteiger partial charge in [-0.15, -0.1) is 0 Å². The maximum absolute atomic E-state index is 11.3. The zero-order valence-electron chi connectivity index (χ0n) is 10.9. The minimum atomic E-state index is -0.0697.